The SMILES string of the molecule is CCOC(=O)C1=C(C)N=c2s/c(=C\c3cc(Br)c(O)cc3O)c(=O)n2[C@@H]1c1ccc(OC(C)C)c(OC)c1. The van der Waals surface area contributed by atoms with Gasteiger partial charge in [-0.15, -0.1) is 0 Å². The number of carbonyl (C=O) groups is 1. The summed E-state index contributed by atoms with van der Waals surface area (Å²) < 4.78 is 18.8. The van der Waals surface area contributed by atoms with E-state index in [0.717, 1.165) is 11.3 Å². The highest BCUT2D eigenvalue weighted by Crippen LogP contribution is 2.37. The number of esters is 1. The maximum Gasteiger partial charge on any atom is 0.338 e. The van der Waals surface area contributed by atoms with Crippen LogP contribution in [-0.2, 0) is 9.53 Å². The summed E-state index contributed by atoms with van der Waals surface area (Å²) in [6, 6.07) is 7.12. The lowest BCUT2D eigenvalue weighted by molar-refractivity contribution is -0.139. The standard InChI is InChI=1S/C27H27BrN2O7S/c1-6-36-26(34)23-14(4)29-27-30(24(23)15-7-8-20(37-13(2)3)21(10-15)35-5)25(33)22(38-27)11-16-9-17(28)19(32)12-18(16)31/h7-13,24,31-32H,6H2,1-5H3/b22-11-/t24-/m1/s1. The molecule has 1 aromatic heterocycles. The van der Waals surface area contributed by atoms with Crippen molar-refractivity contribution >= 4 is 39.3 Å². The summed E-state index contributed by atoms with van der Waals surface area (Å²) in [5, 5.41) is 20.2. The van der Waals surface area contributed by atoms with Crippen LogP contribution in [0.15, 0.2) is 55.9 Å². The number of phenolic OH excluding ortho intramolecular Hbond substituents is 2. The molecule has 0 fully saturated rings. The normalized spacial score (nSPS) is 15.3. The number of halogens is 1. The number of fused-ring (bicyclic) bond motifs is 1. The molecule has 0 aliphatic carbocycles. The van der Waals surface area contributed by atoms with Crippen LogP contribution in [0.5, 0.6) is 23.0 Å². The Morgan fingerprint density at radius 2 is 1.95 bits per heavy atom. The number of phenols is 2. The van der Waals surface area contributed by atoms with Gasteiger partial charge in [-0.25, -0.2) is 9.79 Å². The molecule has 2 N–H and O–H groups in total. The number of allylic oxidation sites excluding steroid dienone is 1. The van der Waals surface area contributed by atoms with Gasteiger partial charge in [0.1, 0.15) is 11.5 Å². The summed E-state index contributed by atoms with van der Waals surface area (Å²) >= 11 is 4.35. The number of hydrogen-bond acceptors (Lipinski definition) is 9. The highest BCUT2D eigenvalue weighted by Gasteiger charge is 2.34. The topological polar surface area (TPSA) is 120 Å². The van der Waals surface area contributed by atoms with Crippen molar-refractivity contribution in [3.63, 3.8) is 0 Å². The van der Waals surface area contributed by atoms with Gasteiger partial charge in [-0.1, -0.05) is 17.4 Å². The van der Waals surface area contributed by atoms with E-state index in [-0.39, 0.29) is 34.3 Å². The Hall–Kier alpha value is -3.57. The molecule has 0 unspecified atom stereocenters. The van der Waals surface area contributed by atoms with Gasteiger partial charge in [0, 0.05) is 11.6 Å². The fourth-order valence-electron chi connectivity index (χ4n) is 4.14. The molecule has 0 amide bonds. The second-order valence-corrected chi connectivity index (χ2v) is 10.6. The van der Waals surface area contributed by atoms with Crippen LogP contribution in [0.1, 0.15) is 44.9 Å². The second kappa shape index (κ2) is 11.0. The zero-order valence-electron chi connectivity index (χ0n) is 21.4. The summed E-state index contributed by atoms with van der Waals surface area (Å²) in [4.78, 5) is 31.8. The third-order valence-corrected chi connectivity index (χ3v) is 7.38. The Morgan fingerprint density at radius 1 is 1.21 bits per heavy atom. The Kier molecular flexibility index (Phi) is 7.98. The summed E-state index contributed by atoms with van der Waals surface area (Å²) in [5.41, 5.74) is 1.20. The summed E-state index contributed by atoms with van der Waals surface area (Å²) in [7, 11) is 1.52. The van der Waals surface area contributed by atoms with Gasteiger partial charge < -0.3 is 24.4 Å². The first-order valence-electron chi connectivity index (χ1n) is 11.8. The summed E-state index contributed by atoms with van der Waals surface area (Å²) in [6.45, 7) is 7.38. The monoisotopic (exact) mass is 602 g/mol. The van der Waals surface area contributed by atoms with Crippen LogP contribution < -0.4 is 24.4 Å². The third kappa shape index (κ3) is 5.21. The molecule has 0 radical (unpaired) electrons. The van der Waals surface area contributed by atoms with Crippen molar-refractivity contribution in [2.24, 2.45) is 4.99 Å². The Balaban J connectivity index is 1.96. The minimum atomic E-state index is -0.838. The van der Waals surface area contributed by atoms with Gasteiger partial charge in [-0.3, -0.25) is 9.36 Å². The highest BCUT2D eigenvalue weighted by atomic mass is 79.9. The van der Waals surface area contributed by atoms with Gasteiger partial charge in [-0.05, 0) is 73.5 Å². The van der Waals surface area contributed by atoms with Crippen LogP contribution in [0.4, 0.5) is 0 Å². The number of hydrogen-bond donors (Lipinski definition) is 2. The van der Waals surface area contributed by atoms with Crippen LogP contribution in [0.2, 0.25) is 0 Å². The van der Waals surface area contributed by atoms with Crippen LogP contribution >= 0.6 is 27.3 Å². The van der Waals surface area contributed by atoms with Crippen molar-refractivity contribution < 1.29 is 29.2 Å². The van der Waals surface area contributed by atoms with E-state index in [1.54, 1.807) is 32.0 Å². The van der Waals surface area contributed by atoms with Crippen LogP contribution in [-0.4, -0.2) is 40.6 Å². The van der Waals surface area contributed by atoms with E-state index in [9.17, 15) is 19.8 Å². The second-order valence-electron chi connectivity index (χ2n) is 8.74. The highest BCUT2D eigenvalue weighted by molar-refractivity contribution is 9.10. The van der Waals surface area contributed by atoms with Gasteiger partial charge in [0.25, 0.3) is 5.56 Å². The number of aromatic nitrogens is 1. The lowest BCUT2D eigenvalue weighted by Crippen LogP contribution is -2.40. The average molecular weight is 603 g/mol. The van der Waals surface area contributed by atoms with Gasteiger partial charge in [-0.2, -0.15) is 0 Å². The van der Waals surface area contributed by atoms with Crippen molar-refractivity contribution in [1.82, 2.24) is 4.57 Å². The number of aromatic hydroxyl groups is 2. The van der Waals surface area contributed by atoms with Crippen molar-refractivity contribution in [1.29, 1.82) is 0 Å². The minimum absolute atomic E-state index is 0.0824. The maximum absolute atomic E-state index is 13.8. The lowest BCUT2D eigenvalue weighted by atomic mass is 9.95. The number of rotatable bonds is 7. The first-order valence-corrected chi connectivity index (χ1v) is 13.4. The number of ether oxygens (including phenoxy) is 3. The predicted molar refractivity (Wildman–Crippen MR) is 147 cm³/mol. The zero-order valence-corrected chi connectivity index (χ0v) is 23.8. The summed E-state index contributed by atoms with van der Waals surface area (Å²) in [5.74, 6) is 0.0895. The molecule has 0 spiro atoms. The molecule has 200 valence electrons. The fraction of sp³-hybridized carbons (Fsp3) is 0.296. The third-order valence-electron chi connectivity index (χ3n) is 5.77. The molecule has 0 bridgehead atoms. The van der Waals surface area contributed by atoms with E-state index in [4.69, 9.17) is 14.2 Å². The molecule has 0 saturated carbocycles. The molecule has 3 aromatic rings. The molecule has 38 heavy (non-hydrogen) atoms. The summed E-state index contributed by atoms with van der Waals surface area (Å²) in [6.07, 6.45) is 1.44. The average Bonchev–Trinajstić information content (AvgIpc) is 3.16. The maximum atomic E-state index is 13.8. The number of nitrogens with zero attached hydrogens (tertiary/aromatic N) is 2. The molecule has 1 aliphatic heterocycles. The molecule has 2 aromatic carbocycles. The molecule has 9 nitrogen and oxygen atoms in total. The molecule has 0 saturated heterocycles. The van der Waals surface area contributed by atoms with E-state index < -0.39 is 17.6 Å². The minimum Gasteiger partial charge on any atom is -0.507 e. The Bertz CT molecular complexity index is 1620. The van der Waals surface area contributed by atoms with Crippen LogP contribution in [0, 0.1) is 0 Å². The van der Waals surface area contributed by atoms with Crippen molar-refractivity contribution in [3.8, 4) is 23.0 Å². The smallest absolute Gasteiger partial charge is 0.338 e. The number of benzene rings is 2. The Labute approximate surface area is 231 Å². The van der Waals surface area contributed by atoms with E-state index in [1.165, 1.54) is 29.9 Å². The largest absolute Gasteiger partial charge is 0.507 e. The molecular formula is C27H27BrN2O7S. The molecule has 1 aliphatic rings. The molecular weight excluding hydrogens is 576 g/mol. The van der Waals surface area contributed by atoms with Gasteiger partial charge in [0.15, 0.2) is 16.3 Å². The lowest BCUT2D eigenvalue weighted by Gasteiger charge is -2.25. The van der Waals surface area contributed by atoms with Crippen LogP contribution in [0.3, 0.4) is 0 Å². The number of carbonyl (C=O) groups excluding carboxylic acids is 1. The number of thiazole rings is 1. The van der Waals surface area contributed by atoms with Crippen molar-refractivity contribution in [3.05, 3.63) is 76.9 Å². The van der Waals surface area contributed by atoms with Gasteiger partial charge in [0.05, 0.1) is 46.1 Å². The van der Waals surface area contributed by atoms with Crippen LogP contribution in [0.25, 0.3) is 6.08 Å². The molecule has 2 heterocycles. The van der Waals surface area contributed by atoms with E-state index in [0.29, 0.717) is 37.6 Å². The molecule has 1 atom stereocenters. The van der Waals surface area contributed by atoms with Crippen molar-refractivity contribution in [2.75, 3.05) is 13.7 Å². The van der Waals surface area contributed by atoms with E-state index >= 15 is 0 Å². The molecule has 4 rings (SSSR count). The Morgan fingerprint density at radius 3 is 2.61 bits per heavy atom. The molecule has 11 heteroatoms. The van der Waals surface area contributed by atoms with Gasteiger partial charge in [0.2, 0.25) is 0 Å². The zero-order chi connectivity index (χ0) is 27.7. The quantitative estimate of drug-likeness (QED) is 0.395. The first-order chi connectivity index (χ1) is 18.0. The van der Waals surface area contributed by atoms with Crippen molar-refractivity contribution in [2.45, 2.75) is 39.8 Å². The predicted octanol–water partition coefficient (Wildman–Crippen LogP) is 3.77. The van der Waals surface area contributed by atoms with Gasteiger partial charge >= 0.3 is 5.97 Å². The fourth-order valence-corrected chi connectivity index (χ4v) is 5.53. The first kappa shape index (κ1) is 27.5. The number of methoxy groups -OCH3 is 1. The van der Waals surface area contributed by atoms with E-state index in [1.807, 2.05) is 13.8 Å². The van der Waals surface area contributed by atoms with E-state index in [2.05, 4.69) is 20.9 Å².